The number of nitrogens with zero attached hydrogens (tertiary/aromatic N) is 4. The number of hydrogen-bond donors (Lipinski definition) is 0. The third-order valence-electron chi connectivity index (χ3n) is 4.54. The molecule has 1 fully saturated rings. The van der Waals surface area contributed by atoms with Gasteiger partial charge in [0.2, 0.25) is 11.8 Å². The van der Waals surface area contributed by atoms with Crippen molar-refractivity contribution >= 4 is 34.9 Å². The van der Waals surface area contributed by atoms with E-state index in [1.54, 1.807) is 6.07 Å². The van der Waals surface area contributed by atoms with Crippen molar-refractivity contribution < 1.29 is 13.9 Å². The minimum atomic E-state index is -0.573. The van der Waals surface area contributed by atoms with Crippen molar-refractivity contribution in [3.05, 3.63) is 41.4 Å². The van der Waals surface area contributed by atoms with Crippen LogP contribution in [0.1, 0.15) is 13.8 Å². The van der Waals surface area contributed by atoms with E-state index in [4.69, 9.17) is 27.9 Å². The molecule has 1 aromatic heterocycles. The Hall–Kier alpha value is -2.12. The van der Waals surface area contributed by atoms with Crippen LogP contribution in [0.15, 0.2) is 30.6 Å². The van der Waals surface area contributed by atoms with Gasteiger partial charge in [-0.05, 0) is 26.0 Å². The molecule has 0 spiro atoms. The van der Waals surface area contributed by atoms with Gasteiger partial charge in [-0.2, -0.15) is 0 Å². The van der Waals surface area contributed by atoms with E-state index in [1.165, 1.54) is 24.5 Å². The highest BCUT2D eigenvalue weighted by Gasteiger charge is 2.33. The number of halogens is 3. The van der Waals surface area contributed by atoms with E-state index >= 15 is 0 Å². The van der Waals surface area contributed by atoms with Crippen molar-refractivity contribution in [2.45, 2.75) is 13.8 Å². The highest BCUT2D eigenvalue weighted by Crippen LogP contribution is 2.27. The molecular weight excluding hydrogens is 406 g/mol. The van der Waals surface area contributed by atoms with Gasteiger partial charge in [-0.3, -0.25) is 4.79 Å². The molecule has 1 aliphatic heterocycles. The zero-order valence-corrected chi connectivity index (χ0v) is 17.2. The van der Waals surface area contributed by atoms with Crippen LogP contribution in [0, 0.1) is 11.2 Å². The second kappa shape index (κ2) is 8.49. The number of piperazine rings is 1. The fourth-order valence-corrected chi connectivity index (χ4v) is 3.13. The quantitative estimate of drug-likeness (QED) is 0.676. The SMILES string of the molecule is CC(C)(CCl)C(=O)N1CCN(c2cc(Oc3ccc(F)c(Cl)c3)ncn2)CC1. The van der Waals surface area contributed by atoms with E-state index in [0.717, 1.165) is 0 Å². The van der Waals surface area contributed by atoms with Gasteiger partial charge in [0.05, 0.1) is 10.4 Å². The largest absolute Gasteiger partial charge is 0.439 e. The lowest BCUT2D eigenvalue weighted by atomic mass is 9.94. The number of ether oxygens (including phenoxy) is 1. The summed E-state index contributed by atoms with van der Waals surface area (Å²) >= 11 is 11.7. The van der Waals surface area contributed by atoms with Crippen LogP contribution in [-0.2, 0) is 4.79 Å². The highest BCUT2D eigenvalue weighted by atomic mass is 35.5. The van der Waals surface area contributed by atoms with Gasteiger partial charge in [-0.15, -0.1) is 11.6 Å². The second-order valence-electron chi connectivity index (χ2n) is 7.19. The molecule has 1 aliphatic rings. The lowest BCUT2D eigenvalue weighted by Gasteiger charge is -2.38. The molecule has 150 valence electrons. The molecule has 6 nitrogen and oxygen atoms in total. The Kier molecular flexibility index (Phi) is 6.25. The lowest BCUT2D eigenvalue weighted by molar-refractivity contribution is -0.139. The molecule has 9 heteroatoms. The molecular formula is C19H21Cl2FN4O2. The molecule has 1 aromatic carbocycles. The Balaban J connectivity index is 1.65. The predicted molar refractivity (Wildman–Crippen MR) is 107 cm³/mol. The molecule has 0 saturated carbocycles. The number of hydrogen-bond acceptors (Lipinski definition) is 5. The van der Waals surface area contributed by atoms with Crippen molar-refractivity contribution in [1.29, 1.82) is 0 Å². The zero-order chi connectivity index (χ0) is 20.3. The molecule has 0 bridgehead atoms. The molecule has 0 unspecified atom stereocenters. The monoisotopic (exact) mass is 426 g/mol. The summed E-state index contributed by atoms with van der Waals surface area (Å²) < 4.78 is 18.9. The lowest BCUT2D eigenvalue weighted by Crippen LogP contribution is -2.52. The predicted octanol–water partition coefficient (Wildman–Crippen LogP) is 3.98. The van der Waals surface area contributed by atoms with Crippen LogP contribution in [-0.4, -0.2) is 52.8 Å². The summed E-state index contributed by atoms with van der Waals surface area (Å²) in [5.74, 6) is 1.24. The average molecular weight is 427 g/mol. The summed E-state index contributed by atoms with van der Waals surface area (Å²) in [5.41, 5.74) is -0.573. The van der Waals surface area contributed by atoms with E-state index < -0.39 is 11.2 Å². The van der Waals surface area contributed by atoms with Crippen molar-refractivity contribution in [3.63, 3.8) is 0 Å². The van der Waals surface area contributed by atoms with Crippen molar-refractivity contribution in [2.24, 2.45) is 5.41 Å². The fourth-order valence-electron chi connectivity index (χ4n) is 2.84. The molecule has 0 radical (unpaired) electrons. The molecule has 0 atom stereocenters. The third kappa shape index (κ3) is 4.64. The molecule has 2 heterocycles. The first kappa shape index (κ1) is 20.6. The molecule has 1 amide bonds. The molecule has 28 heavy (non-hydrogen) atoms. The topological polar surface area (TPSA) is 58.6 Å². The van der Waals surface area contributed by atoms with E-state index in [-0.39, 0.29) is 16.8 Å². The Morgan fingerprint density at radius 1 is 1.21 bits per heavy atom. The minimum Gasteiger partial charge on any atom is -0.439 e. The first-order chi connectivity index (χ1) is 13.3. The number of anilines is 1. The van der Waals surface area contributed by atoms with Crippen molar-refractivity contribution in [3.8, 4) is 11.6 Å². The number of aromatic nitrogens is 2. The van der Waals surface area contributed by atoms with Gasteiger partial charge >= 0.3 is 0 Å². The van der Waals surface area contributed by atoms with Crippen LogP contribution < -0.4 is 9.64 Å². The van der Waals surface area contributed by atoms with E-state index in [0.29, 0.717) is 43.6 Å². The van der Waals surface area contributed by atoms with Crippen LogP contribution >= 0.6 is 23.2 Å². The number of carbonyl (C=O) groups is 1. The maximum absolute atomic E-state index is 13.3. The number of carbonyl (C=O) groups excluding carboxylic acids is 1. The zero-order valence-electron chi connectivity index (χ0n) is 15.7. The first-order valence-corrected chi connectivity index (χ1v) is 9.76. The van der Waals surface area contributed by atoms with Crippen LogP contribution in [0.4, 0.5) is 10.2 Å². The second-order valence-corrected chi connectivity index (χ2v) is 7.86. The van der Waals surface area contributed by atoms with Gasteiger partial charge in [-0.25, -0.2) is 14.4 Å². The van der Waals surface area contributed by atoms with Gasteiger partial charge in [-0.1, -0.05) is 11.6 Å². The number of amides is 1. The summed E-state index contributed by atoms with van der Waals surface area (Å²) in [4.78, 5) is 24.8. The van der Waals surface area contributed by atoms with E-state index in [1.807, 2.05) is 18.7 Å². The normalized spacial score (nSPS) is 14.9. The first-order valence-electron chi connectivity index (χ1n) is 8.85. The number of benzene rings is 1. The van der Waals surface area contributed by atoms with Crippen molar-refractivity contribution in [1.82, 2.24) is 14.9 Å². The van der Waals surface area contributed by atoms with Gasteiger partial charge < -0.3 is 14.5 Å². The molecule has 0 N–H and O–H groups in total. The fraction of sp³-hybridized carbons (Fsp3) is 0.421. The summed E-state index contributed by atoms with van der Waals surface area (Å²) in [5, 5.41) is -0.0209. The van der Waals surface area contributed by atoms with Gasteiger partial charge in [0, 0.05) is 44.2 Å². The van der Waals surface area contributed by atoms with Crippen molar-refractivity contribution in [2.75, 3.05) is 37.0 Å². The molecule has 3 rings (SSSR count). The molecule has 2 aromatic rings. The summed E-state index contributed by atoms with van der Waals surface area (Å²) in [6.07, 6.45) is 1.41. The highest BCUT2D eigenvalue weighted by molar-refractivity contribution is 6.30. The summed E-state index contributed by atoms with van der Waals surface area (Å²) in [6, 6.07) is 5.81. The standard InChI is InChI=1S/C19H21Cl2FN4O2/c1-19(2,11-20)18(27)26-7-5-25(6-8-26)16-10-17(24-12-23-16)28-13-3-4-15(22)14(21)9-13/h3-4,9-10,12H,5-8,11H2,1-2H3. The maximum Gasteiger partial charge on any atom is 0.229 e. The Labute approximate surface area is 173 Å². The van der Waals surface area contributed by atoms with Gasteiger partial charge in [0.15, 0.2) is 0 Å². The third-order valence-corrected chi connectivity index (χ3v) is 5.50. The molecule has 0 aliphatic carbocycles. The van der Waals surface area contributed by atoms with Crippen LogP contribution in [0.3, 0.4) is 0 Å². The minimum absolute atomic E-state index is 0.0209. The van der Waals surface area contributed by atoms with Crippen LogP contribution in [0.5, 0.6) is 11.6 Å². The van der Waals surface area contributed by atoms with E-state index in [2.05, 4.69) is 14.9 Å². The van der Waals surface area contributed by atoms with Gasteiger partial charge in [0.25, 0.3) is 0 Å². The average Bonchev–Trinajstić information content (AvgIpc) is 2.70. The summed E-state index contributed by atoms with van der Waals surface area (Å²) in [7, 11) is 0. The number of alkyl halides is 1. The Morgan fingerprint density at radius 3 is 2.57 bits per heavy atom. The van der Waals surface area contributed by atoms with Crippen LogP contribution in [0.25, 0.3) is 0 Å². The maximum atomic E-state index is 13.3. The smallest absolute Gasteiger partial charge is 0.229 e. The Bertz CT molecular complexity index is 858. The Morgan fingerprint density at radius 2 is 1.93 bits per heavy atom. The molecule has 1 saturated heterocycles. The summed E-state index contributed by atoms with van der Waals surface area (Å²) in [6.45, 7) is 6.17. The number of rotatable bonds is 5. The van der Waals surface area contributed by atoms with E-state index in [9.17, 15) is 9.18 Å². The van der Waals surface area contributed by atoms with Gasteiger partial charge in [0.1, 0.15) is 23.7 Å². The van der Waals surface area contributed by atoms with Crippen LogP contribution in [0.2, 0.25) is 5.02 Å².